The van der Waals surface area contributed by atoms with E-state index >= 15 is 0 Å². The zero-order valence-corrected chi connectivity index (χ0v) is 14.5. The van der Waals surface area contributed by atoms with Crippen molar-refractivity contribution >= 4 is 22.2 Å². The van der Waals surface area contributed by atoms with Crippen LogP contribution in [0, 0.1) is 6.92 Å². The molecule has 0 aliphatic heterocycles. The van der Waals surface area contributed by atoms with E-state index in [2.05, 4.69) is 20.6 Å². The van der Waals surface area contributed by atoms with Gasteiger partial charge >= 0.3 is 0 Å². The largest absolute Gasteiger partial charge is 0.494 e. The van der Waals surface area contributed by atoms with Gasteiger partial charge in [-0.2, -0.15) is 9.61 Å². The molecule has 3 aromatic rings. The molecule has 0 bridgehead atoms. The van der Waals surface area contributed by atoms with Crippen LogP contribution in [-0.2, 0) is 17.6 Å². The third-order valence-corrected chi connectivity index (χ3v) is 4.41. The predicted molar refractivity (Wildman–Crippen MR) is 91.4 cm³/mol. The van der Waals surface area contributed by atoms with E-state index in [9.17, 15) is 4.79 Å². The lowest BCUT2D eigenvalue weighted by Crippen LogP contribution is -2.27. The van der Waals surface area contributed by atoms with Gasteiger partial charge in [0.05, 0.1) is 13.0 Å². The summed E-state index contributed by atoms with van der Waals surface area (Å²) in [4.78, 5) is 12.8. The van der Waals surface area contributed by atoms with Crippen LogP contribution in [0.25, 0.3) is 4.96 Å². The van der Waals surface area contributed by atoms with E-state index in [1.54, 1.807) is 4.52 Å². The standard InChI is InChI=1S/C16H19N5O2S/c1-3-23-13-6-4-12(5-7-13)10-14(22)17-9-8-15-20-21-11(2)18-19-16(21)24-15/h4-7H,3,8-10H2,1-2H3,(H,17,22). The highest BCUT2D eigenvalue weighted by atomic mass is 32.1. The summed E-state index contributed by atoms with van der Waals surface area (Å²) in [5, 5.41) is 16.3. The van der Waals surface area contributed by atoms with Crippen molar-refractivity contribution in [3.63, 3.8) is 0 Å². The molecular weight excluding hydrogens is 326 g/mol. The number of ether oxygens (including phenoxy) is 1. The minimum absolute atomic E-state index is 0.00154. The van der Waals surface area contributed by atoms with E-state index in [1.165, 1.54) is 11.3 Å². The molecular formula is C16H19N5O2S. The van der Waals surface area contributed by atoms with Gasteiger partial charge in [-0.05, 0) is 31.5 Å². The molecule has 7 nitrogen and oxygen atoms in total. The number of carbonyl (C=O) groups excluding carboxylic acids is 1. The highest BCUT2D eigenvalue weighted by molar-refractivity contribution is 7.16. The number of amides is 1. The van der Waals surface area contributed by atoms with Crippen LogP contribution in [0.3, 0.4) is 0 Å². The molecule has 0 unspecified atom stereocenters. The molecule has 0 atom stereocenters. The first-order chi connectivity index (χ1) is 11.7. The van der Waals surface area contributed by atoms with E-state index < -0.39 is 0 Å². The number of aryl methyl sites for hydroxylation is 1. The number of aromatic nitrogens is 4. The van der Waals surface area contributed by atoms with Gasteiger partial charge in [0.15, 0.2) is 5.82 Å². The maximum absolute atomic E-state index is 12.0. The van der Waals surface area contributed by atoms with Crippen molar-refractivity contribution in [2.45, 2.75) is 26.7 Å². The van der Waals surface area contributed by atoms with Crippen LogP contribution in [0.15, 0.2) is 24.3 Å². The van der Waals surface area contributed by atoms with E-state index in [4.69, 9.17) is 4.74 Å². The summed E-state index contributed by atoms with van der Waals surface area (Å²) in [6.07, 6.45) is 1.04. The molecule has 2 heterocycles. The van der Waals surface area contributed by atoms with Crippen LogP contribution in [0.2, 0.25) is 0 Å². The maximum Gasteiger partial charge on any atom is 0.234 e. The van der Waals surface area contributed by atoms with Crippen LogP contribution in [-0.4, -0.2) is 38.9 Å². The van der Waals surface area contributed by atoms with E-state index in [0.717, 1.165) is 27.1 Å². The van der Waals surface area contributed by atoms with E-state index in [0.29, 0.717) is 26.0 Å². The summed E-state index contributed by atoms with van der Waals surface area (Å²) in [7, 11) is 0. The van der Waals surface area contributed by atoms with Gasteiger partial charge < -0.3 is 10.1 Å². The van der Waals surface area contributed by atoms with Crippen LogP contribution >= 0.6 is 11.3 Å². The highest BCUT2D eigenvalue weighted by Gasteiger charge is 2.09. The average Bonchev–Trinajstić information content (AvgIpc) is 3.12. The second-order valence-electron chi connectivity index (χ2n) is 5.29. The number of carbonyl (C=O) groups is 1. The quantitative estimate of drug-likeness (QED) is 0.706. The Morgan fingerprint density at radius 2 is 2.08 bits per heavy atom. The Bertz CT molecular complexity index is 825. The normalized spacial score (nSPS) is 10.9. The summed E-state index contributed by atoms with van der Waals surface area (Å²) in [5.41, 5.74) is 0.963. The van der Waals surface area contributed by atoms with Gasteiger partial charge in [0.25, 0.3) is 0 Å². The van der Waals surface area contributed by atoms with Crippen LogP contribution in [0.4, 0.5) is 0 Å². The molecule has 1 amide bonds. The van der Waals surface area contributed by atoms with Gasteiger partial charge in [-0.1, -0.05) is 23.5 Å². The molecule has 0 aliphatic carbocycles. The minimum Gasteiger partial charge on any atom is -0.494 e. The average molecular weight is 345 g/mol. The summed E-state index contributed by atoms with van der Waals surface area (Å²) in [6, 6.07) is 7.59. The third-order valence-electron chi connectivity index (χ3n) is 3.45. The second-order valence-corrected chi connectivity index (χ2v) is 6.33. The monoisotopic (exact) mass is 345 g/mol. The molecule has 0 saturated heterocycles. The maximum atomic E-state index is 12.0. The van der Waals surface area contributed by atoms with Gasteiger partial charge in [0.1, 0.15) is 10.8 Å². The summed E-state index contributed by atoms with van der Waals surface area (Å²) in [5.74, 6) is 1.59. The van der Waals surface area contributed by atoms with Gasteiger partial charge in [-0.3, -0.25) is 4.79 Å². The van der Waals surface area contributed by atoms with E-state index in [1.807, 2.05) is 38.1 Å². The molecule has 0 aliphatic rings. The number of fused-ring (bicyclic) bond motifs is 1. The van der Waals surface area contributed by atoms with Crippen molar-refractivity contribution in [3.8, 4) is 5.75 Å². The van der Waals surface area contributed by atoms with Crippen LogP contribution in [0.5, 0.6) is 5.75 Å². The molecule has 0 radical (unpaired) electrons. The van der Waals surface area contributed by atoms with Gasteiger partial charge in [-0.15, -0.1) is 10.2 Å². The Kier molecular flexibility index (Phi) is 5.05. The number of rotatable bonds is 7. The molecule has 2 aromatic heterocycles. The first-order valence-electron chi connectivity index (χ1n) is 7.82. The van der Waals surface area contributed by atoms with Crippen molar-refractivity contribution in [2.75, 3.05) is 13.2 Å². The lowest BCUT2D eigenvalue weighted by atomic mass is 10.1. The van der Waals surface area contributed by atoms with Crippen LogP contribution < -0.4 is 10.1 Å². The molecule has 1 N–H and O–H groups in total. The Labute approximate surface area is 143 Å². The number of benzene rings is 1. The molecule has 126 valence electrons. The molecule has 24 heavy (non-hydrogen) atoms. The molecule has 0 saturated carbocycles. The zero-order valence-electron chi connectivity index (χ0n) is 13.7. The van der Waals surface area contributed by atoms with Crippen molar-refractivity contribution in [1.82, 2.24) is 25.1 Å². The summed E-state index contributed by atoms with van der Waals surface area (Å²) < 4.78 is 7.11. The van der Waals surface area contributed by atoms with Gasteiger partial charge in [-0.25, -0.2) is 0 Å². The molecule has 8 heteroatoms. The third kappa shape index (κ3) is 3.88. The summed E-state index contributed by atoms with van der Waals surface area (Å²) in [6.45, 7) is 5.00. The first-order valence-corrected chi connectivity index (χ1v) is 8.63. The Balaban J connectivity index is 1.46. The van der Waals surface area contributed by atoms with Gasteiger partial charge in [0.2, 0.25) is 10.9 Å². The molecule has 0 fully saturated rings. The zero-order chi connectivity index (χ0) is 16.9. The Morgan fingerprint density at radius 3 is 2.79 bits per heavy atom. The lowest BCUT2D eigenvalue weighted by Gasteiger charge is -2.06. The van der Waals surface area contributed by atoms with Gasteiger partial charge in [0, 0.05) is 13.0 Å². The Hall–Kier alpha value is -2.48. The minimum atomic E-state index is -0.00154. The fourth-order valence-corrected chi connectivity index (χ4v) is 3.16. The first kappa shape index (κ1) is 16.4. The summed E-state index contributed by atoms with van der Waals surface area (Å²) >= 11 is 1.49. The van der Waals surface area contributed by atoms with Crippen molar-refractivity contribution in [3.05, 3.63) is 40.7 Å². The molecule has 1 aromatic carbocycles. The topological polar surface area (TPSA) is 81.4 Å². The Morgan fingerprint density at radius 1 is 1.29 bits per heavy atom. The molecule has 3 rings (SSSR count). The fourth-order valence-electron chi connectivity index (χ4n) is 2.28. The van der Waals surface area contributed by atoms with Crippen LogP contribution in [0.1, 0.15) is 23.3 Å². The van der Waals surface area contributed by atoms with E-state index in [-0.39, 0.29) is 5.91 Å². The number of nitrogens with zero attached hydrogens (tertiary/aromatic N) is 4. The van der Waals surface area contributed by atoms with Crippen molar-refractivity contribution in [1.29, 1.82) is 0 Å². The number of hydrogen-bond donors (Lipinski definition) is 1. The van der Waals surface area contributed by atoms with Crippen molar-refractivity contribution in [2.24, 2.45) is 0 Å². The number of hydrogen-bond acceptors (Lipinski definition) is 6. The fraction of sp³-hybridized carbons (Fsp3) is 0.375. The smallest absolute Gasteiger partial charge is 0.234 e. The van der Waals surface area contributed by atoms with Crippen molar-refractivity contribution < 1.29 is 9.53 Å². The second kappa shape index (κ2) is 7.39. The highest BCUT2D eigenvalue weighted by Crippen LogP contribution is 2.14. The number of nitrogens with one attached hydrogen (secondary N) is 1. The lowest BCUT2D eigenvalue weighted by molar-refractivity contribution is -0.120. The predicted octanol–water partition coefficient (Wildman–Crippen LogP) is 1.79. The SMILES string of the molecule is CCOc1ccc(CC(=O)NCCc2nn3c(C)nnc3s2)cc1. The molecule has 0 spiro atoms.